The molecule has 9 nitrogen and oxygen atoms in total. The number of likely N-dealkylation sites (tertiary alicyclic amines) is 1. The molecule has 0 spiro atoms. The van der Waals surface area contributed by atoms with Crippen LogP contribution in [-0.2, 0) is 0 Å². The zero-order valence-corrected chi connectivity index (χ0v) is 22.3. The van der Waals surface area contributed by atoms with E-state index in [0.29, 0.717) is 37.6 Å². The molecule has 10 heteroatoms. The molecule has 39 heavy (non-hydrogen) atoms. The van der Waals surface area contributed by atoms with E-state index in [9.17, 15) is 14.7 Å². The maximum absolute atomic E-state index is 13.2. The fourth-order valence-corrected chi connectivity index (χ4v) is 6.30. The van der Waals surface area contributed by atoms with E-state index in [2.05, 4.69) is 20.2 Å². The molecule has 2 aromatic heterocycles. The minimum absolute atomic E-state index is 0.108. The molecule has 0 saturated carbocycles. The number of phenols is 1. The summed E-state index contributed by atoms with van der Waals surface area (Å²) in [5, 5.41) is 17.2. The molecule has 2 aromatic carbocycles. The van der Waals surface area contributed by atoms with E-state index >= 15 is 0 Å². The summed E-state index contributed by atoms with van der Waals surface area (Å²) in [6.45, 7) is 4.33. The van der Waals surface area contributed by atoms with Crippen LogP contribution in [0.25, 0.3) is 10.8 Å². The third-order valence-corrected chi connectivity index (χ3v) is 8.51. The minimum Gasteiger partial charge on any atom is -0.508 e. The molecule has 0 aliphatic carbocycles. The number of carbonyl (C=O) groups excluding carboxylic acids is 2. The summed E-state index contributed by atoms with van der Waals surface area (Å²) in [5.74, 6) is 1.13. The second kappa shape index (κ2) is 10.9. The number of amides is 3. The number of thiazole rings is 1. The third-order valence-electron chi connectivity index (χ3n) is 7.50. The topological polar surface area (TPSA) is 102 Å². The number of piperidine rings is 1. The Morgan fingerprint density at radius 1 is 0.923 bits per heavy atom. The Balaban J connectivity index is 1.02. The van der Waals surface area contributed by atoms with Gasteiger partial charge in [-0.2, -0.15) is 0 Å². The quantitative estimate of drug-likeness (QED) is 0.385. The van der Waals surface area contributed by atoms with Gasteiger partial charge in [0.05, 0.1) is 5.01 Å². The van der Waals surface area contributed by atoms with Crippen LogP contribution in [-0.4, -0.2) is 76.1 Å². The van der Waals surface area contributed by atoms with E-state index in [4.69, 9.17) is 0 Å². The Labute approximate surface area is 230 Å². The van der Waals surface area contributed by atoms with Gasteiger partial charge in [0, 0.05) is 67.8 Å². The fraction of sp³-hybridized carbons (Fsp3) is 0.310. The molecule has 0 unspecified atom stereocenters. The zero-order valence-electron chi connectivity index (χ0n) is 21.5. The lowest BCUT2D eigenvalue weighted by Crippen LogP contribution is -2.54. The third kappa shape index (κ3) is 5.37. The van der Waals surface area contributed by atoms with Crippen LogP contribution in [0.4, 0.5) is 16.3 Å². The average Bonchev–Trinajstić information content (AvgIpc) is 3.48. The van der Waals surface area contributed by atoms with Gasteiger partial charge < -0.3 is 25.1 Å². The van der Waals surface area contributed by atoms with E-state index in [1.807, 2.05) is 46.2 Å². The van der Waals surface area contributed by atoms with Crippen molar-refractivity contribution in [1.82, 2.24) is 19.8 Å². The number of anilines is 2. The van der Waals surface area contributed by atoms with Gasteiger partial charge in [0.25, 0.3) is 5.91 Å². The average molecular weight is 543 g/mol. The number of nitrogens with zero attached hydrogens (tertiary/aromatic N) is 5. The monoisotopic (exact) mass is 542 g/mol. The molecular formula is C29H30N6O3S. The SMILES string of the molecule is O=C(Nc1cccc2cc(O)ccc12)c1csc(C2CCN(C(=O)N3CCN(c4ccccn4)CC3)CC2)n1. The van der Waals surface area contributed by atoms with Gasteiger partial charge in [-0.1, -0.05) is 18.2 Å². The number of benzene rings is 2. The van der Waals surface area contributed by atoms with Crippen LogP contribution >= 0.6 is 11.3 Å². The van der Waals surface area contributed by atoms with Crippen molar-refractivity contribution >= 4 is 45.6 Å². The highest BCUT2D eigenvalue weighted by molar-refractivity contribution is 7.10. The van der Waals surface area contributed by atoms with Crippen molar-refractivity contribution in [2.45, 2.75) is 18.8 Å². The number of nitrogens with one attached hydrogen (secondary N) is 1. The molecule has 2 aliphatic heterocycles. The van der Waals surface area contributed by atoms with Gasteiger partial charge in [0.2, 0.25) is 0 Å². The van der Waals surface area contributed by atoms with Crippen molar-refractivity contribution in [3.05, 3.63) is 76.9 Å². The first-order valence-electron chi connectivity index (χ1n) is 13.2. The molecule has 2 N–H and O–H groups in total. The second-order valence-corrected chi connectivity index (χ2v) is 10.8. The molecule has 4 aromatic rings. The number of piperazine rings is 1. The summed E-state index contributed by atoms with van der Waals surface area (Å²) in [6.07, 6.45) is 3.47. The van der Waals surface area contributed by atoms with Crippen LogP contribution in [0, 0.1) is 0 Å². The molecule has 4 heterocycles. The number of hydrogen-bond acceptors (Lipinski definition) is 7. The highest BCUT2D eigenvalue weighted by Crippen LogP contribution is 2.32. The molecule has 3 amide bonds. The summed E-state index contributed by atoms with van der Waals surface area (Å²) in [5.41, 5.74) is 1.08. The standard InChI is InChI=1S/C29H30N6O3S/c36-22-7-8-23-21(18-22)4-3-5-24(23)31-27(37)25-19-39-28(32-25)20-9-12-34(13-10-20)29(38)35-16-14-33(15-17-35)26-6-1-2-11-30-26/h1-8,11,18-20,36H,9-10,12-17H2,(H,31,37). The number of pyridine rings is 1. The second-order valence-electron chi connectivity index (χ2n) is 9.94. The first-order chi connectivity index (χ1) is 19.0. The molecule has 0 radical (unpaired) electrons. The van der Waals surface area contributed by atoms with Crippen LogP contribution < -0.4 is 10.2 Å². The van der Waals surface area contributed by atoms with E-state index in [0.717, 1.165) is 47.5 Å². The summed E-state index contributed by atoms with van der Waals surface area (Å²) >= 11 is 1.51. The number of fused-ring (bicyclic) bond motifs is 1. The lowest BCUT2D eigenvalue weighted by atomic mass is 9.98. The summed E-state index contributed by atoms with van der Waals surface area (Å²) < 4.78 is 0. The first kappa shape index (κ1) is 25.1. The van der Waals surface area contributed by atoms with Crippen LogP contribution in [0.5, 0.6) is 5.75 Å². The number of phenolic OH excluding ortho intramolecular Hbond substituents is 1. The van der Waals surface area contributed by atoms with Gasteiger partial charge in [0.1, 0.15) is 17.3 Å². The lowest BCUT2D eigenvalue weighted by Gasteiger charge is -2.39. The summed E-state index contributed by atoms with van der Waals surface area (Å²) in [4.78, 5) is 41.3. The van der Waals surface area contributed by atoms with Gasteiger partial charge >= 0.3 is 6.03 Å². The highest BCUT2D eigenvalue weighted by Gasteiger charge is 2.30. The maximum Gasteiger partial charge on any atom is 0.320 e. The molecule has 200 valence electrons. The smallest absolute Gasteiger partial charge is 0.320 e. The predicted molar refractivity (Wildman–Crippen MR) is 153 cm³/mol. The van der Waals surface area contributed by atoms with E-state index in [-0.39, 0.29) is 23.6 Å². The summed E-state index contributed by atoms with van der Waals surface area (Å²) in [6, 6.07) is 16.7. The molecule has 2 fully saturated rings. The Hall–Kier alpha value is -4.18. The predicted octanol–water partition coefficient (Wildman–Crippen LogP) is 4.77. The molecule has 6 rings (SSSR count). The number of rotatable bonds is 4. The first-order valence-corrected chi connectivity index (χ1v) is 14.1. The van der Waals surface area contributed by atoms with Crippen LogP contribution in [0.15, 0.2) is 66.2 Å². The van der Waals surface area contributed by atoms with Crippen molar-refractivity contribution in [2.75, 3.05) is 49.5 Å². The molecular weight excluding hydrogens is 512 g/mol. The van der Waals surface area contributed by atoms with Gasteiger partial charge in [-0.3, -0.25) is 4.79 Å². The van der Waals surface area contributed by atoms with E-state index in [1.54, 1.807) is 29.8 Å². The number of carbonyl (C=O) groups is 2. The van der Waals surface area contributed by atoms with Crippen molar-refractivity contribution < 1.29 is 14.7 Å². The maximum atomic E-state index is 13.2. The Morgan fingerprint density at radius 2 is 1.72 bits per heavy atom. The Kier molecular flexibility index (Phi) is 7.02. The van der Waals surface area contributed by atoms with Crippen LogP contribution in [0.3, 0.4) is 0 Å². The van der Waals surface area contributed by atoms with Gasteiger partial charge in [-0.15, -0.1) is 11.3 Å². The van der Waals surface area contributed by atoms with Crippen molar-refractivity contribution in [3.63, 3.8) is 0 Å². The number of urea groups is 1. The van der Waals surface area contributed by atoms with E-state index < -0.39 is 0 Å². The van der Waals surface area contributed by atoms with Gasteiger partial charge in [-0.25, -0.2) is 14.8 Å². The van der Waals surface area contributed by atoms with Crippen molar-refractivity contribution in [1.29, 1.82) is 0 Å². The normalized spacial score (nSPS) is 16.5. The molecule has 2 aliphatic rings. The Morgan fingerprint density at radius 3 is 2.49 bits per heavy atom. The Bertz CT molecular complexity index is 1480. The fourth-order valence-electron chi connectivity index (χ4n) is 5.33. The van der Waals surface area contributed by atoms with Gasteiger partial charge in [-0.05, 0) is 54.6 Å². The largest absolute Gasteiger partial charge is 0.508 e. The molecule has 0 bridgehead atoms. The lowest BCUT2D eigenvalue weighted by molar-refractivity contribution is 0.102. The van der Waals surface area contributed by atoms with Gasteiger partial charge in [0.15, 0.2) is 0 Å². The van der Waals surface area contributed by atoms with Crippen molar-refractivity contribution in [2.24, 2.45) is 0 Å². The number of aromatic hydroxyl groups is 1. The molecule has 2 saturated heterocycles. The van der Waals surface area contributed by atoms with Crippen molar-refractivity contribution in [3.8, 4) is 5.75 Å². The van der Waals surface area contributed by atoms with Crippen LogP contribution in [0.2, 0.25) is 0 Å². The number of aromatic nitrogens is 2. The highest BCUT2D eigenvalue weighted by atomic mass is 32.1. The van der Waals surface area contributed by atoms with Crippen LogP contribution in [0.1, 0.15) is 34.3 Å². The summed E-state index contributed by atoms with van der Waals surface area (Å²) in [7, 11) is 0. The molecule has 0 atom stereocenters. The van der Waals surface area contributed by atoms with E-state index in [1.165, 1.54) is 11.3 Å². The number of hydrogen-bond donors (Lipinski definition) is 2. The minimum atomic E-state index is -0.254. The zero-order chi connectivity index (χ0) is 26.8.